The molecule has 0 spiro atoms. The van der Waals surface area contributed by atoms with Crippen molar-refractivity contribution >= 4 is 0 Å². The van der Waals surface area contributed by atoms with Crippen molar-refractivity contribution in [3.05, 3.63) is 29.3 Å². The normalized spacial score (nSPS) is 34.4. The van der Waals surface area contributed by atoms with Crippen molar-refractivity contribution in [1.29, 1.82) is 0 Å². The molecule has 2 fully saturated rings. The van der Waals surface area contributed by atoms with Crippen LogP contribution in [-0.4, -0.2) is 18.8 Å². The van der Waals surface area contributed by atoms with Gasteiger partial charge in [-0.2, -0.15) is 0 Å². The molecule has 140 valence electrons. The van der Waals surface area contributed by atoms with Crippen LogP contribution in [0.15, 0.2) is 18.2 Å². The Balaban J connectivity index is 1.94. The third-order valence-electron chi connectivity index (χ3n) is 7.55. The molecule has 1 aromatic carbocycles. The number of hydrogen-bond acceptors (Lipinski definition) is 2. The van der Waals surface area contributed by atoms with E-state index >= 15 is 0 Å². The molecule has 0 radical (unpaired) electrons. The van der Waals surface area contributed by atoms with Gasteiger partial charge in [0.1, 0.15) is 5.75 Å². The van der Waals surface area contributed by atoms with Gasteiger partial charge in [0.15, 0.2) is 0 Å². The van der Waals surface area contributed by atoms with Crippen molar-refractivity contribution in [1.82, 2.24) is 0 Å². The summed E-state index contributed by atoms with van der Waals surface area (Å²) in [5, 5.41) is 10.1. The predicted molar refractivity (Wildman–Crippen MR) is 104 cm³/mol. The molecule has 4 unspecified atom stereocenters. The van der Waals surface area contributed by atoms with Crippen LogP contribution in [0, 0.1) is 35.5 Å². The van der Waals surface area contributed by atoms with Crippen LogP contribution in [0.2, 0.25) is 0 Å². The van der Waals surface area contributed by atoms with Crippen molar-refractivity contribution in [2.24, 2.45) is 28.6 Å². The first-order chi connectivity index (χ1) is 11.8. The minimum Gasteiger partial charge on any atom is -0.497 e. The Morgan fingerprint density at radius 1 is 1.12 bits per heavy atom. The average molecular weight is 345 g/mol. The molecule has 0 bridgehead atoms. The third kappa shape index (κ3) is 3.47. The molecule has 3 rings (SSSR count). The van der Waals surface area contributed by atoms with Crippen molar-refractivity contribution in [2.45, 2.75) is 66.2 Å². The molecule has 0 aromatic heterocycles. The molecule has 2 heteroatoms. The Morgan fingerprint density at radius 2 is 1.88 bits per heavy atom. The monoisotopic (exact) mass is 344 g/mol. The number of fused-ring (bicyclic) bond motifs is 1. The van der Waals surface area contributed by atoms with Crippen LogP contribution in [0.3, 0.4) is 0 Å². The molecule has 2 aliphatic carbocycles. The van der Waals surface area contributed by atoms with Gasteiger partial charge in [-0.3, -0.25) is 0 Å². The van der Waals surface area contributed by atoms with Gasteiger partial charge < -0.3 is 9.84 Å². The van der Waals surface area contributed by atoms with Gasteiger partial charge in [-0.15, -0.1) is 0 Å². The van der Waals surface area contributed by atoms with Gasteiger partial charge in [0, 0.05) is 6.61 Å². The number of ether oxygens (including phenoxy) is 1. The lowest BCUT2D eigenvalue weighted by molar-refractivity contribution is -0.105. The van der Waals surface area contributed by atoms with Crippen LogP contribution < -0.4 is 4.74 Å². The van der Waals surface area contributed by atoms with E-state index in [4.69, 9.17) is 4.74 Å². The summed E-state index contributed by atoms with van der Waals surface area (Å²) in [7, 11) is 1.75. The molecule has 0 amide bonds. The molecular weight excluding hydrogens is 308 g/mol. The van der Waals surface area contributed by atoms with E-state index in [2.05, 4.69) is 45.9 Å². The molecule has 2 nitrogen and oxygen atoms in total. The Bertz CT molecular complexity index is 606. The molecule has 4 atom stereocenters. The smallest absolute Gasteiger partial charge is 0.119 e. The minimum atomic E-state index is 0.330. The lowest BCUT2D eigenvalue weighted by atomic mass is 9.46. The van der Waals surface area contributed by atoms with Crippen LogP contribution >= 0.6 is 0 Å². The molecule has 0 heterocycles. The zero-order valence-corrected chi connectivity index (χ0v) is 16.8. The largest absolute Gasteiger partial charge is 0.497 e. The standard InChI is InChI=1S/C23H36O2/c1-16-11-17(13-19(12-16)25-5)14-20-18(15-24)7-8-21-22(2,3)9-6-10-23(20,21)4/h11-13,18,20-21,24H,6-10,14-15H2,1-5H3. The first-order valence-electron chi connectivity index (χ1n) is 10.1. The summed E-state index contributed by atoms with van der Waals surface area (Å²) in [6.45, 7) is 9.95. The van der Waals surface area contributed by atoms with Gasteiger partial charge in [-0.05, 0) is 90.9 Å². The van der Waals surface area contributed by atoms with E-state index in [1.165, 1.54) is 43.2 Å². The van der Waals surface area contributed by atoms with Crippen molar-refractivity contribution < 1.29 is 9.84 Å². The second-order valence-electron chi connectivity index (χ2n) is 9.59. The van der Waals surface area contributed by atoms with Crippen molar-refractivity contribution in [2.75, 3.05) is 13.7 Å². The summed E-state index contributed by atoms with van der Waals surface area (Å²) in [6, 6.07) is 6.60. The van der Waals surface area contributed by atoms with Crippen molar-refractivity contribution in [3.8, 4) is 5.75 Å². The van der Waals surface area contributed by atoms with E-state index in [0.29, 0.717) is 29.3 Å². The highest BCUT2D eigenvalue weighted by Gasteiger charge is 2.54. The molecule has 0 saturated heterocycles. The summed E-state index contributed by atoms with van der Waals surface area (Å²) in [4.78, 5) is 0. The minimum absolute atomic E-state index is 0.330. The fourth-order valence-corrected chi connectivity index (χ4v) is 6.38. The molecular formula is C23H36O2. The predicted octanol–water partition coefficient (Wildman–Crippen LogP) is 5.40. The highest BCUT2D eigenvalue weighted by molar-refractivity contribution is 5.34. The van der Waals surface area contributed by atoms with E-state index in [1.54, 1.807) is 7.11 Å². The van der Waals surface area contributed by atoms with Gasteiger partial charge in [-0.1, -0.05) is 33.3 Å². The summed E-state index contributed by atoms with van der Waals surface area (Å²) < 4.78 is 5.49. The van der Waals surface area contributed by atoms with E-state index < -0.39 is 0 Å². The fourth-order valence-electron chi connectivity index (χ4n) is 6.38. The summed E-state index contributed by atoms with van der Waals surface area (Å²) >= 11 is 0. The van der Waals surface area contributed by atoms with E-state index in [9.17, 15) is 5.11 Å². The zero-order valence-electron chi connectivity index (χ0n) is 16.8. The van der Waals surface area contributed by atoms with Gasteiger partial charge in [0.2, 0.25) is 0 Å². The molecule has 1 N–H and O–H groups in total. The number of hydrogen-bond donors (Lipinski definition) is 1. The van der Waals surface area contributed by atoms with E-state index in [-0.39, 0.29) is 0 Å². The quantitative estimate of drug-likeness (QED) is 0.792. The van der Waals surface area contributed by atoms with Crippen LogP contribution in [0.25, 0.3) is 0 Å². The second kappa shape index (κ2) is 6.95. The number of aliphatic hydroxyl groups excluding tert-OH is 1. The van der Waals surface area contributed by atoms with Crippen LogP contribution in [0.5, 0.6) is 5.75 Å². The highest BCUT2D eigenvalue weighted by atomic mass is 16.5. The Kier molecular flexibility index (Phi) is 5.21. The van der Waals surface area contributed by atoms with E-state index in [1.807, 2.05) is 0 Å². The van der Waals surface area contributed by atoms with Crippen LogP contribution in [0.4, 0.5) is 0 Å². The number of rotatable bonds is 4. The molecule has 0 aliphatic heterocycles. The maximum Gasteiger partial charge on any atom is 0.119 e. The van der Waals surface area contributed by atoms with Crippen molar-refractivity contribution in [3.63, 3.8) is 0 Å². The molecule has 2 saturated carbocycles. The third-order valence-corrected chi connectivity index (χ3v) is 7.55. The zero-order chi connectivity index (χ0) is 18.2. The summed E-state index contributed by atoms with van der Waals surface area (Å²) in [5.74, 6) is 2.72. The van der Waals surface area contributed by atoms with Gasteiger partial charge in [0.25, 0.3) is 0 Å². The van der Waals surface area contributed by atoms with Crippen LogP contribution in [-0.2, 0) is 6.42 Å². The lowest BCUT2D eigenvalue weighted by Gasteiger charge is -2.59. The lowest BCUT2D eigenvalue weighted by Crippen LogP contribution is -2.52. The second-order valence-corrected chi connectivity index (χ2v) is 9.59. The fraction of sp³-hybridized carbons (Fsp3) is 0.739. The Labute approximate surface area is 154 Å². The SMILES string of the molecule is COc1cc(C)cc(CC2C(CO)CCC3C(C)(C)CCCC23C)c1. The topological polar surface area (TPSA) is 29.5 Å². The number of methoxy groups -OCH3 is 1. The van der Waals surface area contributed by atoms with Gasteiger partial charge in [-0.25, -0.2) is 0 Å². The summed E-state index contributed by atoms with van der Waals surface area (Å²) in [5.41, 5.74) is 3.39. The van der Waals surface area contributed by atoms with Gasteiger partial charge in [0.05, 0.1) is 7.11 Å². The number of aryl methyl sites for hydroxylation is 1. The van der Waals surface area contributed by atoms with Crippen LogP contribution in [0.1, 0.15) is 64.0 Å². The first kappa shape index (κ1) is 18.8. The Hall–Kier alpha value is -1.02. The first-order valence-corrected chi connectivity index (χ1v) is 10.1. The summed E-state index contributed by atoms with van der Waals surface area (Å²) in [6.07, 6.45) is 7.50. The maximum atomic E-state index is 10.1. The van der Waals surface area contributed by atoms with Gasteiger partial charge >= 0.3 is 0 Å². The molecule has 2 aliphatic rings. The number of benzene rings is 1. The molecule has 1 aromatic rings. The average Bonchev–Trinajstić information content (AvgIpc) is 2.55. The highest BCUT2D eigenvalue weighted by Crippen LogP contribution is 2.61. The Morgan fingerprint density at radius 3 is 2.56 bits per heavy atom. The van der Waals surface area contributed by atoms with E-state index in [0.717, 1.165) is 18.1 Å². The number of aliphatic hydroxyl groups is 1. The molecule has 25 heavy (non-hydrogen) atoms. The maximum absolute atomic E-state index is 10.1.